The topological polar surface area (TPSA) is 95.2 Å². The molecule has 0 radical (unpaired) electrons. The SMILES string of the molecule is C1=C(c2cnc3n[nH]c(-c4cc5c(-c6ccncc6)ccnc5[nH]4)c3c2)CCNC1. The predicted molar refractivity (Wildman–Crippen MR) is 118 cm³/mol. The molecule has 0 atom stereocenters. The molecule has 1 aliphatic heterocycles. The molecule has 3 N–H and O–H groups in total. The van der Waals surface area contributed by atoms with Gasteiger partial charge in [-0.1, -0.05) is 6.08 Å². The number of pyridine rings is 3. The van der Waals surface area contributed by atoms with Crippen molar-refractivity contribution in [3.63, 3.8) is 0 Å². The van der Waals surface area contributed by atoms with Gasteiger partial charge >= 0.3 is 0 Å². The molecule has 0 aliphatic carbocycles. The number of H-pyrrole nitrogens is 2. The van der Waals surface area contributed by atoms with Crippen LogP contribution in [0.25, 0.3) is 50.2 Å². The molecule has 30 heavy (non-hydrogen) atoms. The smallest absolute Gasteiger partial charge is 0.181 e. The highest BCUT2D eigenvalue weighted by Gasteiger charge is 2.16. The van der Waals surface area contributed by atoms with Gasteiger partial charge in [0.1, 0.15) is 5.65 Å². The largest absolute Gasteiger partial charge is 0.338 e. The van der Waals surface area contributed by atoms with Crippen molar-refractivity contribution in [3.8, 4) is 22.5 Å². The van der Waals surface area contributed by atoms with Gasteiger partial charge in [0.25, 0.3) is 0 Å². The molecule has 0 saturated heterocycles. The lowest BCUT2D eigenvalue weighted by Gasteiger charge is -2.13. The Morgan fingerprint density at radius 3 is 2.70 bits per heavy atom. The summed E-state index contributed by atoms with van der Waals surface area (Å²) in [5.41, 5.74) is 8.13. The number of aromatic amines is 2. The molecule has 0 fully saturated rings. The number of nitrogens with zero attached hydrogens (tertiary/aromatic N) is 4. The van der Waals surface area contributed by atoms with Crippen LogP contribution in [0.3, 0.4) is 0 Å². The molecule has 6 rings (SSSR count). The average Bonchev–Trinajstić information content (AvgIpc) is 3.43. The van der Waals surface area contributed by atoms with Crippen LogP contribution >= 0.6 is 0 Å². The predicted octanol–water partition coefficient (Wildman–Crippen LogP) is 3.94. The van der Waals surface area contributed by atoms with Gasteiger partial charge in [0.2, 0.25) is 0 Å². The summed E-state index contributed by atoms with van der Waals surface area (Å²) in [5, 5.41) is 13.0. The zero-order valence-electron chi connectivity index (χ0n) is 16.2. The van der Waals surface area contributed by atoms with Crippen molar-refractivity contribution in [3.05, 3.63) is 66.8 Å². The van der Waals surface area contributed by atoms with E-state index in [2.05, 4.69) is 53.7 Å². The Labute approximate surface area is 172 Å². The van der Waals surface area contributed by atoms with Gasteiger partial charge in [-0.05, 0) is 65.6 Å². The van der Waals surface area contributed by atoms with Gasteiger partial charge < -0.3 is 10.3 Å². The molecule has 7 nitrogen and oxygen atoms in total. The molecule has 0 spiro atoms. The van der Waals surface area contributed by atoms with Gasteiger partial charge in [-0.25, -0.2) is 9.97 Å². The lowest BCUT2D eigenvalue weighted by Crippen LogP contribution is -2.20. The van der Waals surface area contributed by atoms with Crippen molar-refractivity contribution in [2.75, 3.05) is 13.1 Å². The van der Waals surface area contributed by atoms with E-state index in [4.69, 9.17) is 0 Å². The highest BCUT2D eigenvalue weighted by atomic mass is 15.2. The van der Waals surface area contributed by atoms with E-state index in [0.29, 0.717) is 5.65 Å². The van der Waals surface area contributed by atoms with Crippen LogP contribution in [0.1, 0.15) is 12.0 Å². The summed E-state index contributed by atoms with van der Waals surface area (Å²) >= 11 is 0. The van der Waals surface area contributed by atoms with Crippen molar-refractivity contribution in [2.24, 2.45) is 0 Å². The summed E-state index contributed by atoms with van der Waals surface area (Å²) in [6.45, 7) is 1.89. The van der Waals surface area contributed by atoms with E-state index in [1.54, 1.807) is 12.4 Å². The molecule has 0 amide bonds. The Hall–Kier alpha value is -3.84. The van der Waals surface area contributed by atoms with Crippen LogP contribution in [0.5, 0.6) is 0 Å². The Kier molecular flexibility index (Phi) is 3.92. The van der Waals surface area contributed by atoms with Crippen LogP contribution < -0.4 is 5.32 Å². The summed E-state index contributed by atoms with van der Waals surface area (Å²) < 4.78 is 0. The van der Waals surface area contributed by atoms with Crippen LogP contribution in [0.15, 0.2) is 61.2 Å². The van der Waals surface area contributed by atoms with Crippen LogP contribution in [-0.4, -0.2) is 43.2 Å². The van der Waals surface area contributed by atoms with Crippen molar-refractivity contribution in [1.82, 2.24) is 35.5 Å². The van der Waals surface area contributed by atoms with Crippen LogP contribution in [-0.2, 0) is 0 Å². The molecule has 0 unspecified atom stereocenters. The first kappa shape index (κ1) is 17.1. The number of hydrogen-bond donors (Lipinski definition) is 3. The fraction of sp³-hybridized carbons (Fsp3) is 0.130. The summed E-state index contributed by atoms with van der Waals surface area (Å²) in [6, 6.07) is 10.4. The molecule has 1 aliphatic rings. The molecular weight excluding hydrogens is 374 g/mol. The Morgan fingerprint density at radius 2 is 1.83 bits per heavy atom. The summed E-state index contributed by atoms with van der Waals surface area (Å²) in [4.78, 5) is 16.7. The zero-order valence-corrected chi connectivity index (χ0v) is 16.2. The zero-order chi connectivity index (χ0) is 19.9. The van der Waals surface area contributed by atoms with E-state index in [0.717, 1.165) is 64.0 Å². The van der Waals surface area contributed by atoms with Crippen molar-refractivity contribution in [1.29, 1.82) is 0 Å². The monoisotopic (exact) mass is 393 g/mol. The second kappa shape index (κ2) is 6.89. The molecular formula is C23H19N7. The Morgan fingerprint density at radius 1 is 0.900 bits per heavy atom. The minimum absolute atomic E-state index is 0.712. The van der Waals surface area contributed by atoms with Gasteiger partial charge in [-0.3, -0.25) is 10.1 Å². The molecule has 146 valence electrons. The minimum Gasteiger partial charge on any atom is -0.338 e. The first-order valence-corrected chi connectivity index (χ1v) is 9.99. The number of fused-ring (bicyclic) bond motifs is 2. The molecule has 0 bridgehead atoms. The van der Waals surface area contributed by atoms with Crippen molar-refractivity contribution < 1.29 is 0 Å². The molecule has 7 heteroatoms. The number of hydrogen-bond acceptors (Lipinski definition) is 5. The van der Waals surface area contributed by atoms with Gasteiger partial charge in [-0.15, -0.1) is 0 Å². The van der Waals surface area contributed by atoms with E-state index in [1.807, 2.05) is 30.6 Å². The summed E-state index contributed by atoms with van der Waals surface area (Å²) in [5.74, 6) is 0. The van der Waals surface area contributed by atoms with Crippen LogP contribution in [0, 0.1) is 0 Å². The van der Waals surface area contributed by atoms with E-state index >= 15 is 0 Å². The standard InChI is InChI=1S/C23H19N7/c1-6-24-7-2-14(1)16-11-19-21(29-30-23(19)27-13-16)20-12-18-17(5-10-26-22(18)28-20)15-3-8-25-9-4-15/h1,3-5,8-13,24H,2,6-7H2,(H,26,28)(H,27,29,30). The second-order valence-electron chi connectivity index (χ2n) is 7.42. The molecule has 5 aromatic rings. The second-order valence-corrected chi connectivity index (χ2v) is 7.42. The third-order valence-corrected chi connectivity index (χ3v) is 5.64. The van der Waals surface area contributed by atoms with Crippen LogP contribution in [0.2, 0.25) is 0 Å². The third-order valence-electron chi connectivity index (χ3n) is 5.64. The number of rotatable bonds is 3. The quantitative estimate of drug-likeness (QED) is 0.432. The summed E-state index contributed by atoms with van der Waals surface area (Å²) in [6.07, 6.45) is 10.6. The summed E-state index contributed by atoms with van der Waals surface area (Å²) in [7, 11) is 0. The maximum Gasteiger partial charge on any atom is 0.181 e. The third kappa shape index (κ3) is 2.79. The lowest BCUT2D eigenvalue weighted by molar-refractivity contribution is 0.738. The average molecular weight is 393 g/mol. The molecule has 0 saturated carbocycles. The van der Waals surface area contributed by atoms with Crippen molar-refractivity contribution in [2.45, 2.75) is 6.42 Å². The maximum atomic E-state index is 4.58. The van der Waals surface area contributed by atoms with E-state index < -0.39 is 0 Å². The molecule has 6 heterocycles. The van der Waals surface area contributed by atoms with E-state index in [1.165, 1.54) is 5.57 Å². The Bertz CT molecular complexity index is 1400. The van der Waals surface area contributed by atoms with Crippen molar-refractivity contribution >= 4 is 27.6 Å². The van der Waals surface area contributed by atoms with Gasteiger partial charge in [0.05, 0.1) is 11.4 Å². The fourth-order valence-electron chi connectivity index (χ4n) is 4.11. The highest BCUT2D eigenvalue weighted by Crippen LogP contribution is 2.33. The molecule has 0 aromatic carbocycles. The highest BCUT2D eigenvalue weighted by molar-refractivity contribution is 5.99. The normalized spacial score (nSPS) is 14.3. The minimum atomic E-state index is 0.712. The van der Waals surface area contributed by atoms with Gasteiger partial charge in [-0.2, -0.15) is 5.10 Å². The Balaban J connectivity index is 1.50. The number of nitrogens with one attached hydrogen (secondary N) is 3. The first-order valence-electron chi connectivity index (χ1n) is 9.99. The van der Waals surface area contributed by atoms with E-state index in [-0.39, 0.29) is 0 Å². The molecule has 5 aromatic heterocycles. The number of aromatic nitrogens is 6. The van der Waals surface area contributed by atoms with Crippen LogP contribution in [0.4, 0.5) is 0 Å². The maximum absolute atomic E-state index is 4.58. The van der Waals surface area contributed by atoms with E-state index in [9.17, 15) is 0 Å². The van der Waals surface area contributed by atoms with Gasteiger partial charge in [0, 0.05) is 42.1 Å². The fourth-order valence-corrected chi connectivity index (χ4v) is 4.11. The lowest BCUT2D eigenvalue weighted by atomic mass is 10.0. The first-order chi connectivity index (χ1) is 14.9. The van der Waals surface area contributed by atoms with Gasteiger partial charge in [0.15, 0.2) is 5.65 Å².